The van der Waals surface area contributed by atoms with Crippen LogP contribution in [0.25, 0.3) is 0 Å². The van der Waals surface area contributed by atoms with Gasteiger partial charge in [0.1, 0.15) is 0 Å². The maximum atomic E-state index is 5.57. The van der Waals surface area contributed by atoms with Crippen molar-refractivity contribution in [3.8, 4) is 0 Å². The predicted octanol–water partition coefficient (Wildman–Crippen LogP) is 2.37. The van der Waals surface area contributed by atoms with Gasteiger partial charge in [-0.3, -0.25) is 0 Å². The highest BCUT2D eigenvalue weighted by Gasteiger charge is 2.12. The van der Waals surface area contributed by atoms with Gasteiger partial charge in [-0.2, -0.15) is 11.8 Å². The fourth-order valence-corrected chi connectivity index (χ4v) is 0.491. The lowest BCUT2D eigenvalue weighted by Crippen LogP contribution is -2.14. The lowest BCUT2D eigenvalue weighted by Gasteiger charge is -2.16. The number of alkyl halides is 1. The van der Waals surface area contributed by atoms with E-state index in [1.807, 2.05) is 0 Å². The molecule has 0 saturated heterocycles. The molecular weight excluding hydrogens is 128 g/mol. The second kappa shape index (κ2) is 2.83. The van der Waals surface area contributed by atoms with Gasteiger partial charge in [0, 0.05) is 10.6 Å². The molecule has 0 aliphatic carbocycles. The molecule has 44 valence electrons. The smallest absolute Gasteiger partial charge is 0.0365 e. The summed E-state index contributed by atoms with van der Waals surface area (Å²) >= 11 is 7.37. The summed E-state index contributed by atoms with van der Waals surface area (Å²) in [6, 6.07) is 0. The first-order valence-corrected chi connectivity index (χ1v) is 3.99. The summed E-state index contributed by atoms with van der Waals surface area (Å²) in [5, 5.41) is 0. The van der Waals surface area contributed by atoms with Gasteiger partial charge in [-0.1, -0.05) is 0 Å². The van der Waals surface area contributed by atoms with Crippen LogP contribution in [0.1, 0.15) is 13.8 Å². The molecule has 0 saturated carbocycles. The van der Waals surface area contributed by atoms with E-state index in [1.54, 1.807) is 11.8 Å². The lowest BCUT2D eigenvalue weighted by atomic mass is 10.2. The fourth-order valence-electron chi connectivity index (χ4n) is 0.0546. The molecule has 0 aromatic heterocycles. The number of rotatable bonds is 2. The van der Waals surface area contributed by atoms with E-state index in [0.29, 0.717) is 0 Å². The van der Waals surface area contributed by atoms with Crippen LogP contribution >= 0.6 is 23.4 Å². The first-order chi connectivity index (χ1) is 3.12. The van der Waals surface area contributed by atoms with Gasteiger partial charge in [-0.05, 0) is 20.1 Å². The van der Waals surface area contributed by atoms with Crippen molar-refractivity contribution in [3.63, 3.8) is 0 Å². The number of hydrogen-bond acceptors (Lipinski definition) is 1. The molecule has 0 radical (unpaired) electrons. The molecule has 7 heavy (non-hydrogen) atoms. The molecule has 0 N–H and O–H groups in total. The third-order valence-electron chi connectivity index (χ3n) is 0.874. The summed E-state index contributed by atoms with van der Waals surface area (Å²) in [4.78, 5) is 0. The molecule has 0 unspecified atom stereocenters. The standard InChI is InChI=1S/C5H11ClS/c1-5(2,4-6)7-3/h4H2,1-3H3. The van der Waals surface area contributed by atoms with Crippen LogP contribution in [0.3, 0.4) is 0 Å². The van der Waals surface area contributed by atoms with Crippen molar-refractivity contribution in [2.24, 2.45) is 0 Å². The molecule has 0 rings (SSSR count). The van der Waals surface area contributed by atoms with Crippen LogP contribution < -0.4 is 0 Å². The summed E-state index contributed by atoms with van der Waals surface area (Å²) in [5.41, 5.74) is 0. The van der Waals surface area contributed by atoms with E-state index in [-0.39, 0.29) is 4.75 Å². The van der Waals surface area contributed by atoms with E-state index in [2.05, 4.69) is 20.1 Å². The van der Waals surface area contributed by atoms with Gasteiger partial charge in [-0.25, -0.2) is 0 Å². The van der Waals surface area contributed by atoms with Crippen molar-refractivity contribution in [1.29, 1.82) is 0 Å². The molecule has 0 aromatic carbocycles. The van der Waals surface area contributed by atoms with E-state index >= 15 is 0 Å². The average Bonchev–Trinajstić information content (AvgIpc) is 1.68. The first-order valence-electron chi connectivity index (χ1n) is 2.23. The predicted molar refractivity (Wildman–Crippen MR) is 38.3 cm³/mol. The second-order valence-electron chi connectivity index (χ2n) is 2.10. The largest absolute Gasteiger partial charge is 0.158 e. The first kappa shape index (κ1) is 7.64. The Morgan fingerprint density at radius 3 is 2.00 bits per heavy atom. The molecule has 2 heteroatoms. The zero-order valence-electron chi connectivity index (χ0n) is 4.99. The van der Waals surface area contributed by atoms with E-state index < -0.39 is 0 Å². The maximum Gasteiger partial charge on any atom is 0.0365 e. The van der Waals surface area contributed by atoms with Gasteiger partial charge >= 0.3 is 0 Å². The lowest BCUT2D eigenvalue weighted by molar-refractivity contribution is 0.815. The Morgan fingerprint density at radius 2 is 2.00 bits per heavy atom. The highest BCUT2D eigenvalue weighted by molar-refractivity contribution is 8.00. The van der Waals surface area contributed by atoms with Gasteiger partial charge in [0.2, 0.25) is 0 Å². The summed E-state index contributed by atoms with van der Waals surface area (Å²) in [7, 11) is 0. The zero-order chi connectivity index (χ0) is 5.91. The topological polar surface area (TPSA) is 0 Å². The van der Waals surface area contributed by atoms with Crippen molar-refractivity contribution in [2.45, 2.75) is 18.6 Å². The van der Waals surface area contributed by atoms with E-state index in [0.717, 1.165) is 5.88 Å². The molecule has 0 spiro atoms. The van der Waals surface area contributed by atoms with E-state index in [9.17, 15) is 0 Å². The molecular formula is C5H11ClS. The van der Waals surface area contributed by atoms with Crippen molar-refractivity contribution in [2.75, 3.05) is 12.1 Å². The zero-order valence-corrected chi connectivity index (χ0v) is 6.57. The molecule has 0 amide bonds. The van der Waals surface area contributed by atoms with Crippen molar-refractivity contribution in [3.05, 3.63) is 0 Å². The monoisotopic (exact) mass is 138 g/mol. The molecule has 0 heterocycles. The number of hydrogen-bond donors (Lipinski definition) is 0. The van der Waals surface area contributed by atoms with Crippen molar-refractivity contribution < 1.29 is 0 Å². The van der Waals surface area contributed by atoms with Crippen LogP contribution in [0, 0.1) is 0 Å². The molecule has 0 fully saturated rings. The molecule has 0 nitrogen and oxygen atoms in total. The maximum absolute atomic E-state index is 5.57. The van der Waals surface area contributed by atoms with Gasteiger partial charge < -0.3 is 0 Å². The summed E-state index contributed by atoms with van der Waals surface area (Å²) < 4.78 is 0.265. The summed E-state index contributed by atoms with van der Waals surface area (Å²) in [6.07, 6.45) is 2.07. The third-order valence-corrected chi connectivity index (χ3v) is 2.95. The molecule has 0 aromatic rings. The third kappa shape index (κ3) is 3.24. The highest BCUT2D eigenvalue weighted by atomic mass is 35.5. The van der Waals surface area contributed by atoms with Crippen LogP contribution in [-0.2, 0) is 0 Å². The van der Waals surface area contributed by atoms with Crippen LogP contribution in [0.4, 0.5) is 0 Å². The second-order valence-corrected chi connectivity index (χ2v) is 3.88. The average molecular weight is 139 g/mol. The molecule has 0 bridgehead atoms. The number of halogens is 1. The van der Waals surface area contributed by atoms with E-state index in [1.165, 1.54) is 0 Å². The Bertz CT molecular complexity index is 46.0. The molecule has 0 aliphatic heterocycles. The van der Waals surface area contributed by atoms with Gasteiger partial charge in [0.25, 0.3) is 0 Å². The quantitative estimate of drug-likeness (QED) is 0.528. The Balaban J connectivity index is 3.36. The van der Waals surface area contributed by atoms with Crippen molar-refractivity contribution >= 4 is 23.4 Å². The van der Waals surface area contributed by atoms with Gasteiger partial charge in [0.05, 0.1) is 0 Å². The van der Waals surface area contributed by atoms with Crippen molar-refractivity contribution in [1.82, 2.24) is 0 Å². The Hall–Kier alpha value is 0.640. The van der Waals surface area contributed by atoms with Crippen LogP contribution in [0.15, 0.2) is 0 Å². The molecule has 0 aliphatic rings. The minimum atomic E-state index is 0.265. The SMILES string of the molecule is CSC(C)(C)CCl. The van der Waals surface area contributed by atoms with Crippen LogP contribution in [0.2, 0.25) is 0 Å². The Labute approximate surface area is 54.6 Å². The van der Waals surface area contributed by atoms with E-state index in [4.69, 9.17) is 11.6 Å². The van der Waals surface area contributed by atoms with Gasteiger partial charge in [0.15, 0.2) is 0 Å². The Kier molecular flexibility index (Phi) is 3.09. The normalized spacial score (nSPS) is 12.0. The minimum absolute atomic E-state index is 0.265. The Morgan fingerprint density at radius 1 is 1.57 bits per heavy atom. The van der Waals surface area contributed by atoms with Crippen LogP contribution in [0.5, 0.6) is 0 Å². The van der Waals surface area contributed by atoms with Gasteiger partial charge in [-0.15, -0.1) is 11.6 Å². The molecule has 0 atom stereocenters. The minimum Gasteiger partial charge on any atom is -0.158 e. The fraction of sp³-hybridized carbons (Fsp3) is 1.00. The summed E-state index contributed by atoms with van der Waals surface area (Å²) in [6.45, 7) is 4.26. The van der Waals surface area contributed by atoms with Crippen LogP contribution in [-0.4, -0.2) is 16.9 Å². The highest BCUT2D eigenvalue weighted by Crippen LogP contribution is 2.21. The number of thioether (sulfide) groups is 1. The summed E-state index contributed by atoms with van der Waals surface area (Å²) in [5.74, 6) is 0.730.